The maximum atomic E-state index is 12.0. The van der Waals surface area contributed by atoms with Crippen molar-refractivity contribution in [2.45, 2.75) is 25.7 Å². The molecule has 2 aliphatic carbocycles. The van der Waals surface area contributed by atoms with Gasteiger partial charge in [-0.15, -0.1) is 0 Å². The molecule has 100 valence electrons. The van der Waals surface area contributed by atoms with Crippen LogP contribution in [0.5, 0.6) is 0 Å². The standard InChI is InChI=1S/C14H16N2O3/c17-12(18)6-8-4-5-9(7-15-8)16-14(19)13-10-2-1-3-11(10)13/h4-5,7,10-11,13H,1-3,6H2,(H,16,19)(H,17,18). The third-order valence-electron chi connectivity index (χ3n) is 4.13. The number of carboxylic acid groups (broad SMARTS) is 1. The largest absolute Gasteiger partial charge is 0.481 e. The van der Waals surface area contributed by atoms with E-state index >= 15 is 0 Å². The lowest BCUT2D eigenvalue weighted by Crippen LogP contribution is -2.16. The molecule has 2 aliphatic rings. The van der Waals surface area contributed by atoms with Gasteiger partial charge in [0, 0.05) is 5.92 Å². The summed E-state index contributed by atoms with van der Waals surface area (Å²) in [6.45, 7) is 0. The molecular formula is C14H16N2O3. The quantitative estimate of drug-likeness (QED) is 0.863. The Morgan fingerprint density at radius 3 is 2.63 bits per heavy atom. The first-order valence-corrected chi connectivity index (χ1v) is 6.63. The van der Waals surface area contributed by atoms with E-state index in [1.54, 1.807) is 12.1 Å². The fourth-order valence-corrected chi connectivity index (χ4v) is 3.19. The third kappa shape index (κ3) is 2.45. The van der Waals surface area contributed by atoms with E-state index in [2.05, 4.69) is 10.3 Å². The monoisotopic (exact) mass is 260 g/mol. The van der Waals surface area contributed by atoms with Gasteiger partial charge >= 0.3 is 5.97 Å². The molecular weight excluding hydrogens is 244 g/mol. The van der Waals surface area contributed by atoms with Crippen molar-refractivity contribution in [1.82, 2.24) is 4.98 Å². The zero-order valence-electron chi connectivity index (χ0n) is 10.5. The van der Waals surface area contributed by atoms with Gasteiger partial charge < -0.3 is 10.4 Å². The Morgan fingerprint density at radius 1 is 1.32 bits per heavy atom. The Bertz CT molecular complexity index is 502. The number of carbonyl (C=O) groups excluding carboxylic acids is 1. The van der Waals surface area contributed by atoms with E-state index in [-0.39, 0.29) is 18.2 Å². The minimum atomic E-state index is -0.907. The highest BCUT2D eigenvalue weighted by molar-refractivity contribution is 5.94. The molecule has 2 saturated carbocycles. The number of hydrogen-bond donors (Lipinski definition) is 2. The first-order chi connectivity index (χ1) is 9.15. The summed E-state index contributed by atoms with van der Waals surface area (Å²) in [5.41, 5.74) is 1.14. The Hall–Kier alpha value is -1.91. The van der Waals surface area contributed by atoms with Crippen LogP contribution in [0.15, 0.2) is 18.3 Å². The van der Waals surface area contributed by atoms with Crippen LogP contribution in [0.3, 0.4) is 0 Å². The molecule has 5 heteroatoms. The van der Waals surface area contributed by atoms with Crippen LogP contribution in [-0.4, -0.2) is 22.0 Å². The second-order valence-corrected chi connectivity index (χ2v) is 5.38. The number of carboxylic acids is 1. The number of pyridine rings is 1. The summed E-state index contributed by atoms with van der Waals surface area (Å²) in [4.78, 5) is 26.6. The molecule has 5 nitrogen and oxygen atoms in total. The van der Waals surface area contributed by atoms with Gasteiger partial charge in [-0.3, -0.25) is 14.6 Å². The lowest BCUT2D eigenvalue weighted by molar-refractivity contribution is -0.136. The fraction of sp³-hybridized carbons (Fsp3) is 0.500. The summed E-state index contributed by atoms with van der Waals surface area (Å²) in [5.74, 6) is 0.559. The number of amides is 1. The summed E-state index contributed by atoms with van der Waals surface area (Å²) in [6, 6.07) is 3.35. The molecule has 2 N–H and O–H groups in total. The number of carbonyl (C=O) groups is 2. The molecule has 1 aromatic heterocycles. The van der Waals surface area contributed by atoms with Crippen molar-refractivity contribution in [2.75, 3.05) is 5.32 Å². The van der Waals surface area contributed by atoms with Gasteiger partial charge in [0.25, 0.3) is 0 Å². The van der Waals surface area contributed by atoms with Crippen molar-refractivity contribution >= 4 is 17.6 Å². The normalized spacial score (nSPS) is 27.7. The van der Waals surface area contributed by atoms with Gasteiger partial charge in [0.1, 0.15) is 0 Å². The number of aliphatic carboxylic acids is 1. The van der Waals surface area contributed by atoms with E-state index < -0.39 is 5.97 Å². The molecule has 0 saturated heterocycles. The van der Waals surface area contributed by atoms with E-state index in [0.717, 1.165) is 0 Å². The number of nitrogens with zero attached hydrogens (tertiary/aromatic N) is 1. The molecule has 0 aliphatic heterocycles. The fourth-order valence-electron chi connectivity index (χ4n) is 3.19. The van der Waals surface area contributed by atoms with Gasteiger partial charge in [0.2, 0.25) is 5.91 Å². The average Bonchev–Trinajstić information content (AvgIpc) is 2.85. The van der Waals surface area contributed by atoms with Crippen LogP contribution < -0.4 is 5.32 Å². The minimum absolute atomic E-state index is 0.0856. The highest BCUT2D eigenvalue weighted by Crippen LogP contribution is 2.57. The molecule has 0 spiro atoms. The van der Waals surface area contributed by atoms with Crippen molar-refractivity contribution in [1.29, 1.82) is 0 Å². The van der Waals surface area contributed by atoms with E-state index in [1.807, 2.05) is 0 Å². The second kappa shape index (κ2) is 4.64. The summed E-state index contributed by atoms with van der Waals surface area (Å²) in [7, 11) is 0. The molecule has 0 radical (unpaired) electrons. The molecule has 2 fully saturated rings. The molecule has 3 rings (SSSR count). The molecule has 0 aromatic carbocycles. The summed E-state index contributed by atoms with van der Waals surface area (Å²) in [5, 5.41) is 11.5. The zero-order valence-corrected chi connectivity index (χ0v) is 10.5. The Kier molecular flexibility index (Phi) is 2.97. The maximum Gasteiger partial charge on any atom is 0.309 e. The minimum Gasteiger partial charge on any atom is -0.481 e. The Balaban J connectivity index is 1.58. The zero-order chi connectivity index (χ0) is 13.4. The van der Waals surface area contributed by atoms with Crippen molar-refractivity contribution in [2.24, 2.45) is 17.8 Å². The number of fused-ring (bicyclic) bond motifs is 1. The smallest absolute Gasteiger partial charge is 0.309 e. The molecule has 1 aromatic rings. The van der Waals surface area contributed by atoms with Crippen LogP contribution in [0.2, 0.25) is 0 Å². The van der Waals surface area contributed by atoms with Crippen LogP contribution in [-0.2, 0) is 16.0 Å². The molecule has 1 heterocycles. The Morgan fingerprint density at radius 2 is 2.05 bits per heavy atom. The molecule has 19 heavy (non-hydrogen) atoms. The number of aromatic nitrogens is 1. The van der Waals surface area contributed by atoms with Crippen molar-refractivity contribution in [3.63, 3.8) is 0 Å². The predicted molar refractivity (Wildman–Crippen MR) is 68.5 cm³/mol. The second-order valence-electron chi connectivity index (χ2n) is 5.38. The average molecular weight is 260 g/mol. The number of rotatable bonds is 4. The van der Waals surface area contributed by atoms with Gasteiger partial charge in [0.05, 0.1) is 24.0 Å². The van der Waals surface area contributed by atoms with Gasteiger partial charge in [0.15, 0.2) is 0 Å². The SMILES string of the molecule is O=C(O)Cc1ccc(NC(=O)C2C3CCCC32)cn1. The van der Waals surface area contributed by atoms with Crippen LogP contribution >= 0.6 is 0 Å². The topological polar surface area (TPSA) is 79.3 Å². The first kappa shape index (κ1) is 12.1. The van der Waals surface area contributed by atoms with E-state index in [0.29, 0.717) is 23.2 Å². The highest BCUT2D eigenvalue weighted by Gasteiger charge is 2.56. The summed E-state index contributed by atoms with van der Waals surface area (Å²) < 4.78 is 0. The first-order valence-electron chi connectivity index (χ1n) is 6.63. The molecule has 0 bridgehead atoms. The maximum absolute atomic E-state index is 12.0. The number of anilines is 1. The summed E-state index contributed by atoms with van der Waals surface area (Å²) in [6.07, 6.45) is 5.04. The van der Waals surface area contributed by atoms with E-state index in [9.17, 15) is 9.59 Å². The van der Waals surface area contributed by atoms with Crippen molar-refractivity contribution < 1.29 is 14.7 Å². The number of hydrogen-bond acceptors (Lipinski definition) is 3. The van der Waals surface area contributed by atoms with Gasteiger partial charge in [-0.05, 0) is 36.8 Å². The van der Waals surface area contributed by atoms with Crippen LogP contribution in [0.4, 0.5) is 5.69 Å². The molecule has 2 unspecified atom stereocenters. The number of nitrogens with one attached hydrogen (secondary N) is 1. The van der Waals surface area contributed by atoms with Crippen LogP contribution in [0, 0.1) is 17.8 Å². The highest BCUT2D eigenvalue weighted by atomic mass is 16.4. The lowest BCUT2D eigenvalue weighted by atomic mass is 10.1. The lowest BCUT2D eigenvalue weighted by Gasteiger charge is -2.06. The Labute approximate surface area is 111 Å². The van der Waals surface area contributed by atoms with E-state index in [4.69, 9.17) is 5.11 Å². The van der Waals surface area contributed by atoms with Gasteiger partial charge in [-0.2, -0.15) is 0 Å². The molecule has 1 amide bonds. The summed E-state index contributed by atoms with van der Waals surface area (Å²) >= 11 is 0. The third-order valence-corrected chi connectivity index (χ3v) is 4.13. The van der Waals surface area contributed by atoms with Crippen molar-refractivity contribution in [3.8, 4) is 0 Å². The van der Waals surface area contributed by atoms with Gasteiger partial charge in [-0.25, -0.2) is 0 Å². The van der Waals surface area contributed by atoms with Crippen LogP contribution in [0.25, 0.3) is 0 Å². The predicted octanol–water partition coefficient (Wildman–Crippen LogP) is 1.69. The van der Waals surface area contributed by atoms with Gasteiger partial charge in [-0.1, -0.05) is 6.42 Å². The van der Waals surface area contributed by atoms with Crippen LogP contribution in [0.1, 0.15) is 25.0 Å². The van der Waals surface area contributed by atoms with E-state index in [1.165, 1.54) is 25.5 Å². The molecule has 2 atom stereocenters. The van der Waals surface area contributed by atoms with Crippen molar-refractivity contribution in [3.05, 3.63) is 24.0 Å².